The van der Waals surface area contributed by atoms with Crippen molar-refractivity contribution in [3.63, 3.8) is 0 Å². The molecule has 1 aliphatic heterocycles. The van der Waals surface area contributed by atoms with Crippen molar-refractivity contribution in [2.45, 2.75) is 31.9 Å². The van der Waals surface area contributed by atoms with E-state index in [9.17, 15) is 10.2 Å². The fraction of sp³-hybridized carbons (Fsp3) is 0.571. The molecule has 1 unspecified atom stereocenters. The highest BCUT2D eigenvalue weighted by atomic mass is 16.5. The van der Waals surface area contributed by atoms with E-state index in [1.807, 2.05) is 0 Å². The molecule has 4 heteroatoms. The van der Waals surface area contributed by atoms with Crippen molar-refractivity contribution in [1.29, 1.82) is 0 Å². The van der Waals surface area contributed by atoms with E-state index in [1.165, 1.54) is 6.07 Å². The molecule has 0 amide bonds. The number of methoxy groups -OCH3 is 1. The molecule has 4 nitrogen and oxygen atoms in total. The van der Waals surface area contributed by atoms with Gasteiger partial charge in [-0.05, 0) is 37.5 Å². The summed E-state index contributed by atoms with van der Waals surface area (Å²) in [6.07, 6.45) is 2.43. The molecule has 1 fully saturated rings. The summed E-state index contributed by atoms with van der Waals surface area (Å²) in [5.74, 6) is 0.229. The molecule has 0 aromatic heterocycles. The van der Waals surface area contributed by atoms with Gasteiger partial charge in [-0.25, -0.2) is 0 Å². The zero-order chi connectivity index (χ0) is 13.1. The fourth-order valence-corrected chi connectivity index (χ4v) is 2.57. The van der Waals surface area contributed by atoms with Gasteiger partial charge in [0, 0.05) is 32.3 Å². The van der Waals surface area contributed by atoms with E-state index in [1.54, 1.807) is 19.2 Å². The lowest BCUT2D eigenvalue weighted by molar-refractivity contribution is 0.0294. The Balaban J connectivity index is 2.05. The molecule has 1 heterocycles. The number of hydrogen-bond acceptors (Lipinski definition) is 4. The summed E-state index contributed by atoms with van der Waals surface area (Å²) < 4.78 is 5.36. The Morgan fingerprint density at radius 1 is 1.17 bits per heavy atom. The van der Waals surface area contributed by atoms with E-state index in [4.69, 9.17) is 4.74 Å². The van der Waals surface area contributed by atoms with Crippen molar-refractivity contribution in [2.24, 2.45) is 0 Å². The lowest BCUT2D eigenvalue weighted by Crippen LogP contribution is -2.38. The molecule has 18 heavy (non-hydrogen) atoms. The maximum atomic E-state index is 9.52. The van der Waals surface area contributed by atoms with Crippen molar-refractivity contribution in [3.8, 4) is 11.5 Å². The number of likely N-dealkylation sites (tertiary alicyclic amines) is 1. The molecule has 0 bridgehead atoms. The SMILES string of the molecule is COC1CCN(C(C)c2cc(O)cc(O)c2)CC1. The van der Waals surface area contributed by atoms with Crippen LogP contribution in [0.4, 0.5) is 0 Å². The molecule has 2 rings (SSSR count). The fourth-order valence-electron chi connectivity index (χ4n) is 2.57. The Hall–Kier alpha value is -1.26. The molecular formula is C14H21NO3. The van der Waals surface area contributed by atoms with Crippen molar-refractivity contribution in [3.05, 3.63) is 23.8 Å². The third-order valence-corrected chi connectivity index (χ3v) is 3.76. The summed E-state index contributed by atoms with van der Waals surface area (Å²) in [7, 11) is 1.76. The number of phenols is 2. The van der Waals surface area contributed by atoms with Crippen LogP contribution in [-0.4, -0.2) is 41.4 Å². The van der Waals surface area contributed by atoms with E-state index in [-0.39, 0.29) is 17.5 Å². The molecule has 0 saturated carbocycles. The first-order valence-electron chi connectivity index (χ1n) is 6.40. The van der Waals surface area contributed by atoms with Gasteiger partial charge >= 0.3 is 0 Å². The summed E-state index contributed by atoms with van der Waals surface area (Å²) in [4.78, 5) is 2.35. The second kappa shape index (κ2) is 5.59. The molecule has 1 atom stereocenters. The first kappa shape index (κ1) is 13.2. The second-order valence-corrected chi connectivity index (χ2v) is 4.93. The minimum atomic E-state index is 0.114. The summed E-state index contributed by atoms with van der Waals surface area (Å²) >= 11 is 0. The highest BCUT2D eigenvalue weighted by Gasteiger charge is 2.23. The molecular weight excluding hydrogens is 230 g/mol. The first-order chi connectivity index (χ1) is 8.60. The normalized spacial score (nSPS) is 19.9. The molecule has 0 radical (unpaired) electrons. The van der Waals surface area contributed by atoms with Crippen LogP contribution in [0.25, 0.3) is 0 Å². The predicted molar refractivity (Wildman–Crippen MR) is 69.8 cm³/mol. The molecule has 1 saturated heterocycles. The average molecular weight is 251 g/mol. The van der Waals surface area contributed by atoms with Gasteiger partial charge in [-0.3, -0.25) is 4.90 Å². The van der Waals surface area contributed by atoms with Gasteiger partial charge in [-0.15, -0.1) is 0 Å². The Bertz CT molecular complexity index is 380. The predicted octanol–water partition coefficient (Wildman–Crippen LogP) is 2.27. The Morgan fingerprint density at radius 2 is 1.72 bits per heavy atom. The number of aromatic hydroxyl groups is 2. The number of benzene rings is 1. The maximum absolute atomic E-state index is 9.52. The van der Waals surface area contributed by atoms with Gasteiger partial charge in [0.05, 0.1) is 6.10 Å². The molecule has 1 aromatic rings. The minimum absolute atomic E-state index is 0.114. The van der Waals surface area contributed by atoms with Gasteiger partial charge in [0.1, 0.15) is 11.5 Å². The number of hydrogen-bond donors (Lipinski definition) is 2. The van der Waals surface area contributed by atoms with Crippen molar-refractivity contribution in [2.75, 3.05) is 20.2 Å². The minimum Gasteiger partial charge on any atom is -0.508 e. The Morgan fingerprint density at radius 3 is 2.22 bits per heavy atom. The Kier molecular flexibility index (Phi) is 4.09. The maximum Gasteiger partial charge on any atom is 0.119 e. The van der Waals surface area contributed by atoms with Crippen molar-refractivity contribution < 1.29 is 14.9 Å². The van der Waals surface area contributed by atoms with E-state index >= 15 is 0 Å². The quantitative estimate of drug-likeness (QED) is 0.865. The summed E-state index contributed by atoms with van der Waals surface area (Å²) in [6, 6.07) is 4.98. The van der Waals surface area contributed by atoms with Gasteiger partial charge in [0.15, 0.2) is 0 Å². The molecule has 0 aliphatic carbocycles. The highest BCUT2D eigenvalue weighted by molar-refractivity contribution is 5.38. The van der Waals surface area contributed by atoms with Gasteiger partial charge in [0.25, 0.3) is 0 Å². The number of rotatable bonds is 3. The monoisotopic (exact) mass is 251 g/mol. The molecule has 2 N–H and O–H groups in total. The molecule has 100 valence electrons. The molecule has 1 aromatic carbocycles. The number of phenolic OH excluding ortho intramolecular Hbond substituents is 2. The van der Waals surface area contributed by atoms with Crippen LogP contribution in [0.5, 0.6) is 11.5 Å². The summed E-state index contributed by atoms with van der Waals surface area (Å²) in [6.45, 7) is 4.06. The Labute approximate surface area is 108 Å². The topological polar surface area (TPSA) is 52.9 Å². The van der Waals surface area contributed by atoms with Gasteiger partial charge < -0.3 is 14.9 Å². The van der Waals surface area contributed by atoms with Crippen molar-refractivity contribution in [1.82, 2.24) is 4.90 Å². The zero-order valence-corrected chi connectivity index (χ0v) is 11.0. The van der Waals surface area contributed by atoms with E-state index < -0.39 is 0 Å². The molecule has 1 aliphatic rings. The number of piperidine rings is 1. The van der Waals surface area contributed by atoms with Crippen LogP contribution in [0.2, 0.25) is 0 Å². The van der Waals surface area contributed by atoms with Crippen LogP contribution in [0.15, 0.2) is 18.2 Å². The third-order valence-electron chi connectivity index (χ3n) is 3.76. The van der Waals surface area contributed by atoms with E-state index in [0.717, 1.165) is 31.5 Å². The highest BCUT2D eigenvalue weighted by Crippen LogP contribution is 2.30. The van der Waals surface area contributed by atoms with Gasteiger partial charge in [-0.2, -0.15) is 0 Å². The van der Waals surface area contributed by atoms with Gasteiger partial charge in [-0.1, -0.05) is 0 Å². The number of ether oxygens (including phenoxy) is 1. The lowest BCUT2D eigenvalue weighted by Gasteiger charge is -2.35. The second-order valence-electron chi connectivity index (χ2n) is 4.93. The smallest absolute Gasteiger partial charge is 0.119 e. The average Bonchev–Trinajstić information content (AvgIpc) is 2.37. The van der Waals surface area contributed by atoms with E-state index in [2.05, 4.69) is 11.8 Å². The summed E-state index contributed by atoms with van der Waals surface area (Å²) in [5, 5.41) is 19.0. The van der Waals surface area contributed by atoms with Crippen LogP contribution in [0, 0.1) is 0 Å². The van der Waals surface area contributed by atoms with Crippen molar-refractivity contribution >= 4 is 0 Å². The summed E-state index contributed by atoms with van der Waals surface area (Å²) in [5.41, 5.74) is 0.948. The zero-order valence-electron chi connectivity index (χ0n) is 11.0. The standard InChI is InChI=1S/C14H21NO3/c1-10(11-7-12(16)9-13(17)8-11)15-5-3-14(18-2)4-6-15/h7-10,14,16-17H,3-6H2,1-2H3. The lowest BCUT2D eigenvalue weighted by atomic mass is 10.0. The van der Waals surface area contributed by atoms with Crippen LogP contribution >= 0.6 is 0 Å². The van der Waals surface area contributed by atoms with Crippen LogP contribution in [-0.2, 0) is 4.74 Å². The van der Waals surface area contributed by atoms with Gasteiger partial charge in [0.2, 0.25) is 0 Å². The first-order valence-corrected chi connectivity index (χ1v) is 6.40. The molecule has 0 spiro atoms. The van der Waals surface area contributed by atoms with E-state index in [0.29, 0.717) is 6.10 Å². The number of nitrogens with zero attached hydrogens (tertiary/aromatic N) is 1. The third kappa shape index (κ3) is 2.94. The van der Waals surface area contributed by atoms with Crippen LogP contribution < -0.4 is 0 Å². The largest absolute Gasteiger partial charge is 0.508 e. The van der Waals surface area contributed by atoms with Crippen LogP contribution in [0.3, 0.4) is 0 Å². The van der Waals surface area contributed by atoms with Crippen LogP contribution in [0.1, 0.15) is 31.4 Å².